The minimum absolute atomic E-state index is 0.468. The maximum absolute atomic E-state index is 5.51. The second-order valence-corrected chi connectivity index (χ2v) is 5.46. The van der Waals surface area contributed by atoms with Gasteiger partial charge >= 0.3 is 0 Å². The first kappa shape index (κ1) is 13.3. The minimum Gasteiger partial charge on any atom is -0.454 e. The maximum atomic E-state index is 5.51. The van der Waals surface area contributed by atoms with Gasteiger partial charge in [0.15, 0.2) is 3.77 Å². The van der Waals surface area contributed by atoms with Crippen LogP contribution in [0, 0.1) is 3.77 Å². The van der Waals surface area contributed by atoms with Gasteiger partial charge in [0.1, 0.15) is 5.76 Å². The van der Waals surface area contributed by atoms with Crippen LogP contribution in [0.25, 0.3) is 0 Å². The molecule has 2 rings (SSSR count). The Hall–Kier alpha value is -0.110. The molecule has 0 saturated carbocycles. The predicted octanol–water partition coefficient (Wildman–Crippen LogP) is 1.69. The fraction of sp³-hybridized carbons (Fsp3) is 0.667. The van der Waals surface area contributed by atoms with Gasteiger partial charge in [-0.3, -0.25) is 4.90 Å². The summed E-state index contributed by atoms with van der Waals surface area (Å²) in [5, 5.41) is 3.48. The van der Waals surface area contributed by atoms with E-state index in [2.05, 4.69) is 39.7 Å². The van der Waals surface area contributed by atoms with Crippen LogP contribution in [0.4, 0.5) is 0 Å². The van der Waals surface area contributed by atoms with Crippen molar-refractivity contribution in [2.24, 2.45) is 0 Å². The zero-order chi connectivity index (χ0) is 12.1. The molecular formula is C12H19IN2O2. The van der Waals surface area contributed by atoms with Crippen LogP contribution < -0.4 is 5.32 Å². The summed E-state index contributed by atoms with van der Waals surface area (Å²) in [6, 6.07) is 4.48. The standard InChI is InChI=1S/C12H19IN2O2/c1-10(9-15-4-6-16-7-5-15)14-8-11-2-3-12(13)17-11/h2-3,10,14H,4-9H2,1H3. The Kier molecular flexibility index (Phi) is 5.27. The highest BCUT2D eigenvalue weighted by Crippen LogP contribution is 2.10. The number of nitrogens with one attached hydrogen (secondary N) is 1. The number of furan rings is 1. The molecule has 5 heteroatoms. The van der Waals surface area contributed by atoms with Crippen molar-refractivity contribution in [3.8, 4) is 0 Å². The van der Waals surface area contributed by atoms with Crippen molar-refractivity contribution in [3.63, 3.8) is 0 Å². The summed E-state index contributed by atoms with van der Waals surface area (Å²) >= 11 is 2.19. The highest BCUT2D eigenvalue weighted by atomic mass is 127. The highest BCUT2D eigenvalue weighted by Gasteiger charge is 2.13. The Labute approximate surface area is 116 Å². The number of morpholine rings is 1. The molecule has 1 unspecified atom stereocenters. The van der Waals surface area contributed by atoms with Crippen LogP contribution in [0.2, 0.25) is 0 Å². The van der Waals surface area contributed by atoms with Gasteiger partial charge in [-0.05, 0) is 41.6 Å². The Morgan fingerprint density at radius 1 is 1.41 bits per heavy atom. The lowest BCUT2D eigenvalue weighted by atomic mass is 10.2. The third kappa shape index (κ3) is 4.57. The zero-order valence-corrected chi connectivity index (χ0v) is 12.3. The van der Waals surface area contributed by atoms with Crippen molar-refractivity contribution < 1.29 is 9.15 Å². The van der Waals surface area contributed by atoms with Crippen molar-refractivity contribution in [1.82, 2.24) is 10.2 Å². The van der Waals surface area contributed by atoms with Crippen LogP contribution in [0.15, 0.2) is 16.5 Å². The molecule has 1 fully saturated rings. The first-order valence-electron chi connectivity index (χ1n) is 6.02. The fourth-order valence-corrected chi connectivity index (χ4v) is 2.42. The zero-order valence-electron chi connectivity index (χ0n) is 10.1. The summed E-state index contributed by atoms with van der Waals surface area (Å²) in [6.45, 7) is 7.90. The molecule has 2 heterocycles. The summed E-state index contributed by atoms with van der Waals surface area (Å²) in [4.78, 5) is 2.44. The Bertz CT molecular complexity index is 337. The average Bonchev–Trinajstić information content (AvgIpc) is 2.74. The van der Waals surface area contributed by atoms with E-state index in [4.69, 9.17) is 9.15 Å². The van der Waals surface area contributed by atoms with Crippen LogP contribution >= 0.6 is 22.6 Å². The predicted molar refractivity (Wildman–Crippen MR) is 75.0 cm³/mol. The molecule has 0 aromatic carbocycles. The van der Waals surface area contributed by atoms with Crippen LogP contribution in [0.3, 0.4) is 0 Å². The van der Waals surface area contributed by atoms with E-state index in [0.717, 1.165) is 48.9 Å². The monoisotopic (exact) mass is 350 g/mol. The first-order chi connectivity index (χ1) is 8.24. The quantitative estimate of drug-likeness (QED) is 0.821. The van der Waals surface area contributed by atoms with E-state index in [-0.39, 0.29) is 0 Å². The van der Waals surface area contributed by atoms with Gasteiger partial charge < -0.3 is 14.5 Å². The van der Waals surface area contributed by atoms with Crippen LogP contribution in [0.5, 0.6) is 0 Å². The topological polar surface area (TPSA) is 37.6 Å². The van der Waals surface area contributed by atoms with Gasteiger partial charge in [-0.15, -0.1) is 0 Å². The molecular weight excluding hydrogens is 331 g/mol. The summed E-state index contributed by atoms with van der Waals surface area (Å²) in [6.07, 6.45) is 0. The molecule has 1 aromatic heterocycles. The molecule has 1 N–H and O–H groups in total. The summed E-state index contributed by atoms with van der Waals surface area (Å²) < 4.78 is 11.8. The second kappa shape index (κ2) is 6.72. The molecule has 0 radical (unpaired) electrons. The normalized spacial score (nSPS) is 19.4. The number of hydrogen-bond acceptors (Lipinski definition) is 4. The van der Waals surface area contributed by atoms with Crippen LogP contribution in [0.1, 0.15) is 12.7 Å². The smallest absolute Gasteiger partial charge is 0.164 e. The highest BCUT2D eigenvalue weighted by molar-refractivity contribution is 14.1. The van der Waals surface area contributed by atoms with E-state index in [1.54, 1.807) is 0 Å². The number of nitrogens with zero attached hydrogens (tertiary/aromatic N) is 1. The minimum atomic E-state index is 0.468. The average molecular weight is 350 g/mol. The van der Waals surface area contributed by atoms with E-state index in [1.807, 2.05) is 12.1 Å². The summed E-state index contributed by atoms with van der Waals surface area (Å²) in [5.41, 5.74) is 0. The van der Waals surface area contributed by atoms with E-state index >= 15 is 0 Å². The van der Waals surface area contributed by atoms with Crippen LogP contribution in [-0.4, -0.2) is 43.8 Å². The molecule has 1 aromatic rings. The van der Waals surface area contributed by atoms with Crippen LogP contribution in [-0.2, 0) is 11.3 Å². The van der Waals surface area contributed by atoms with Crippen molar-refractivity contribution in [1.29, 1.82) is 0 Å². The Balaban J connectivity index is 1.68. The third-order valence-electron chi connectivity index (χ3n) is 2.89. The van der Waals surface area contributed by atoms with Crippen molar-refractivity contribution >= 4 is 22.6 Å². The molecule has 1 aliphatic rings. The lowest BCUT2D eigenvalue weighted by Gasteiger charge is -2.29. The maximum Gasteiger partial charge on any atom is 0.164 e. The number of halogens is 1. The molecule has 1 aliphatic heterocycles. The van der Waals surface area contributed by atoms with E-state index in [1.165, 1.54) is 0 Å². The molecule has 0 bridgehead atoms. The van der Waals surface area contributed by atoms with Gasteiger partial charge in [0, 0.05) is 25.7 Å². The van der Waals surface area contributed by atoms with Crippen molar-refractivity contribution in [2.45, 2.75) is 19.5 Å². The molecule has 17 heavy (non-hydrogen) atoms. The van der Waals surface area contributed by atoms with E-state index in [9.17, 15) is 0 Å². The lowest BCUT2D eigenvalue weighted by molar-refractivity contribution is 0.0342. The molecule has 0 amide bonds. The van der Waals surface area contributed by atoms with Gasteiger partial charge in [-0.2, -0.15) is 0 Å². The molecule has 4 nitrogen and oxygen atoms in total. The number of rotatable bonds is 5. The van der Waals surface area contributed by atoms with E-state index < -0.39 is 0 Å². The SMILES string of the molecule is CC(CN1CCOCC1)NCc1ccc(I)o1. The van der Waals surface area contributed by atoms with E-state index in [0.29, 0.717) is 6.04 Å². The summed E-state index contributed by atoms with van der Waals surface area (Å²) in [7, 11) is 0. The first-order valence-corrected chi connectivity index (χ1v) is 7.09. The lowest BCUT2D eigenvalue weighted by Crippen LogP contribution is -2.44. The molecule has 1 saturated heterocycles. The molecule has 0 spiro atoms. The van der Waals surface area contributed by atoms with Gasteiger partial charge in [-0.1, -0.05) is 0 Å². The second-order valence-electron chi connectivity index (χ2n) is 4.40. The fourth-order valence-electron chi connectivity index (χ4n) is 1.96. The van der Waals surface area contributed by atoms with Crippen molar-refractivity contribution in [2.75, 3.05) is 32.8 Å². The third-order valence-corrected chi connectivity index (χ3v) is 3.47. The van der Waals surface area contributed by atoms with Gasteiger partial charge in [0.2, 0.25) is 0 Å². The number of hydrogen-bond donors (Lipinski definition) is 1. The van der Waals surface area contributed by atoms with Gasteiger partial charge in [0.25, 0.3) is 0 Å². The van der Waals surface area contributed by atoms with Gasteiger partial charge in [-0.25, -0.2) is 0 Å². The van der Waals surface area contributed by atoms with Gasteiger partial charge in [0.05, 0.1) is 19.8 Å². The largest absolute Gasteiger partial charge is 0.454 e. The number of ether oxygens (including phenoxy) is 1. The molecule has 1 atom stereocenters. The Morgan fingerprint density at radius 3 is 2.82 bits per heavy atom. The molecule has 0 aliphatic carbocycles. The Morgan fingerprint density at radius 2 is 2.18 bits per heavy atom. The van der Waals surface area contributed by atoms with Crippen molar-refractivity contribution in [3.05, 3.63) is 21.7 Å². The summed E-state index contributed by atoms with van der Waals surface area (Å²) in [5.74, 6) is 1.00. The molecule has 96 valence electrons.